The smallest absolute Gasteiger partial charge is 0.256 e. The molecule has 1 aromatic carbocycles. The second-order valence-electron chi connectivity index (χ2n) is 4.32. The number of piperidine rings is 1. The Balaban J connectivity index is 2.13. The van der Waals surface area contributed by atoms with Gasteiger partial charge in [0.25, 0.3) is 5.91 Å². The topological polar surface area (TPSA) is 44.1 Å². The summed E-state index contributed by atoms with van der Waals surface area (Å²) in [6.07, 6.45) is 1.33. The molecule has 1 fully saturated rings. The SMILES string of the molecule is N#CC1CCN(C(=O)c2cc(Br)ccc2F)CC1. The van der Waals surface area contributed by atoms with Gasteiger partial charge in [-0.3, -0.25) is 4.79 Å². The molecule has 0 atom stereocenters. The molecule has 94 valence electrons. The number of hydrogen-bond acceptors (Lipinski definition) is 2. The zero-order chi connectivity index (χ0) is 13.1. The number of rotatable bonds is 1. The summed E-state index contributed by atoms with van der Waals surface area (Å²) in [4.78, 5) is 13.8. The van der Waals surface area contributed by atoms with Gasteiger partial charge >= 0.3 is 0 Å². The Morgan fingerprint density at radius 1 is 1.44 bits per heavy atom. The number of amides is 1. The number of benzene rings is 1. The van der Waals surface area contributed by atoms with Gasteiger partial charge in [0.1, 0.15) is 5.82 Å². The van der Waals surface area contributed by atoms with Crippen LogP contribution in [-0.2, 0) is 0 Å². The van der Waals surface area contributed by atoms with Crippen LogP contribution in [0.25, 0.3) is 0 Å². The van der Waals surface area contributed by atoms with E-state index in [0.29, 0.717) is 30.4 Å². The maximum atomic E-state index is 13.6. The number of carbonyl (C=O) groups is 1. The van der Waals surface area contributed by atoms with Gasteiger partial charge in [0, 0.05) is 23.5 Å². The van der Waals surface area contributed by atoms with Gasteiger partial charge in [-0.25, -0.2) is 4.39 Å². The zero-order valence-corrected chi connectivity index (χ0v) is 11.3. The first-order valence-corrected chi connectivity index (χ1v) is 6.55. The summed E-state index contributed by atoms with van der Waals surface area (Å²) < 4.78 is 14.3. The van der Waals surface area contributed by atoms with Crippen molar-refractivity contribution < 1.29 is 9.18 Å². The summed E-state index contributed by atoms with van der Waals surface area (Å²) in [5.74, 6) is -0.794. The minimum absolute atomic E-state index is 0.0152. The minimum Gasteiger partial charge on any atom is -0.338 e. The number of nitriles is 1. The molecule has 5 heteroatoms. The van der Waals surface area contributed by atoms with Crippen molar-refractivity contribution in [3.63, 3.8) is 0 Å². The summed E-state index contributed by atoms with van der Waals surface area (Å²) in [5.41, 5.74) is 0.0831. The third kappa shape index (κ3) is 2.70. The number of halogens is 2. The molecule has 0 aliphatic carbocycles. The maximum absolute atomic E-state index is 13.6. The lowest BCUT2D eigenvalue weighted by molar-refractivity contribution is 0.0702. The van der Waals surface area contributed by atoms with Crippen molar-refractivity contribution in [2.24, 2.45) is 5.92 Å². The van der Waals surface area contributed by atoms with E-state index in [9.17, 15) is 9.18 Å². The second kappa shape index (κ2) is 5.49. The van der Waals surface area contributed by atoms with Crippen LogP contribution in [0.4, 0.5) is 4.39 Å². The average Bonchev–Trinajstić information content (AvgIpc) is 2.41. The van der Waals surface area contributed by atoms with Gasteiger partial charge in [-0.05, 0) is 31.0 Å². The molecule has 3 nitrogen and oxygen atoms in total. The molecule has 1 aromatic rings. The van der Waals surface area contributed by atoms with Gasteiger partial charge in [-0.15, -0.1) is 0 Å². The zero-order valence-electron chi connectivity index (χ0n) is 9.70. The highest BCUT2D eigenvalue weighted by molar-refractivity contribution is 9.10. The van der Waals surface area contributed by atoms with Gasteiger partial charge in [0.05, 0.1) is 11.6 Å². The van der Waals surface area contributed by atoms with Gasteiger partial charge < -0.3 is 4.90 Å². The molecule has 1 aliphatic rings. The molecular formula is C13H12BrFN2O. The lowest BCUT2D eigenvalue weighted by atomic mass is 9.98. The van der Waals surface area contributed by atoms with Crippen LogP contribution in [-0.4, -0.2) is 23.9 Å². The highest BCUT2D eigenvalue weighted by Gasteiger charge is 2.25. The van der Waals surface area contributed by atoms with Crippen molar-refractivity contribution >= 4 is 21.8 Å². The standard InChI is InChI=1S/C13H12BrFN2O/c14-10-1-2-12(15)11(7-10)13(18)17-5-3-9(8-16)4-6-17/h1-2,7,9H,3-6H2. The van der Waals surface area contributed by atoms with E-state index in [1.54, 1.807) is 11.0 Å². The molecule has 18 heavy (non-hydrogen) atoms. The van der Waals surface area contributed by atoms with Crippen LogP contribution in [0.15, 0.2) is 22.7 Å². The third-order valence-corrected chi connectivity index (χ3v) is 3.62. The van der Waals surface area contributed by atoms with Crippen LogP contribution in [0.2, 0.25) is 0 Å². The van der Waals surface area contributed by atoms with Crippen molar-refractivity contribution in [2.75, 3.05) is 13.1 Å². The molecule has 0 aromatic heterocycles. The van der Waals surface area contributed by atoms with E-state index in [1.807, 2.05) is 0 Å². The van der Waals surface area contributed by atoms with Crippen LogP contribution in [0.3, 0.4) is 0 Å². The Morgan fingerprint density at radius 3 is 2.72 bits per heavy atom. The van der Waals surface area contributed by atoms with Crippen molar-refractivity contribution in [3.05, 3.63) is 34.1 Å². The fraction of sp³-hybridized carbons (Fsp3) is 0.385. The molecule has 1 heterocycles. The molecule has 0 spiro atoms. The van der Waals surface area contributed by atoms with E-state index in [0.717, 1.165) is 0 Å². The van der Waals surface area contributed by atoms with E-state index in [2.05, 4.69) is 22.0 Å². The van der Waals surface area contributed by atoms with Crippen LogP contribution < -0.4 is 0 Å². The molecule has 1 amide bonds. The first-order chi connectivity index (χ1) is 8.61. The van der Waals surface area contributed by atoms with Crippen LogP contribution in [0, 0.1) is 23.1 Å². The van der Waals surface area contributed by atoms with Gasteiger partial charge in [-0.1, -0.05) is 15.9 Å². The average molecular weight is 311 g/mol. The summed E-state index contributed by atoms with van der Waals surface area (Å²) in [6.45, 7) is 1.03. The number of hydrogen-bond donors (Lipinski definition) is 0. The van der Waals surface area contributed by atoms with Crippen LogP contribution in [0.1, 0.15) is 23.2 Å². The fourth-order valence-corrected chi connectivity index (χ4v) is 2.40. The number of likely N-dealkylation sites (tertiary alicyclic amines) is 1. The van der Waals surface area contributed by atoms with Crippen molar-refractivity contribution in [1.29, 1.82) is 5.26 Å². The largest absolute Gasteiger partial charge is 0.338 e. The first-order valence-electron chi connectivity index (χ1n) is 5.75. The second-order valence-corrected chi connectivity index (χ2v) is 5.24. The van der Waals surface area contributed by atoms with E-state index in [-0.39, 0.29) is 17.4 Å². The molecule has 0 N–H and O–H groups in total. The Hall–Kier alpha value is -1.41. The Morgan fingerprint density at radius 2 is 2.11 bits per heavy atom. The monoisotopic (exact) mass is 310 g/mol. The Bertz CT molecular complexity index is 504. The quantitative estimate of drug-likeness (QED) is 0.800. The number of carbonyl (C=O) groups excluding carboxylic acids is 1. The molecule has 0 saturated carbocycles. The predicted molar refractivity (Wildman–Crippen MR) is 68.3 cm³/mol. The third-order valence-electron chi connectivity index (χ3n) is 3.12. The van der Waals surface area contributed by atoms with E-state index >= 15 is 0 Å². The van der Waals surface area contributed by atoms with Gasteiger partial charge in [0.2, 0.25) is 0 Å². The molecule has 2 rings (SSSR count). The molecule has 1 aliphatic heterocycles. The molecule has 0 radical (unpaired) electrons. The first kappa shape index (κ1) is 13.0. The molecule has 0 unspecified atom stereocenters. The Labute approximate surface area is 113 Å². The fourth-order valence-electron chi connectivity index (χ4n) is 2.04. The predicted octanol–water partition coefficient (Wildman–Crippen LogP) is 2.96. The molecule has 1 saturated heterocycles. The highest BCUT2D eigenvalue weighted by atomic mass is 79.9. The Kier molecular flexibility index (Phi) is 3.97. The van der Waals surface area contributed by atoms with Crippen molar-refractivity contribution in [2.45, 2.75) is 12.8 Å². The van der Waals surface area contributed by atoms with Gasteiger partial charge in [0.15, 0.2) is 0 Å². The summed E-state index contributed by atoms with van der Waals surface area (Å²) in [5, 5.41) is 8.79. The summed E-state index contributed by atoms with van der Waals surface area (Å²) >= 11 is 3.23. The van der Waals surface area contributed by atoms with E-state index < -0.39 is 5.82 Å². The van der Waals surface area contributed by atoms with Gasteiger partial charge in [-0.2, -0.15) is 5.26 Å². The summed E-state index contributed by atoms with van der Waals surface area (Å²) in [7, 11) is 0. The normalized spacial score (nSPS) is 16.4. The highest BCUT2D eigenvalue weighted by Crippen LogP contribution is 2.21. The van der Waals surface area contributed by atoms with Crippen LogP contribution in [0.5, 0.6) is 0 Å². The maximum Gasteiger partial charge on any atom is 0.256 e. The lowest BCUT2D eigenvalue weighted by Crippen LogP contribution is -2.38. The molecule has 0 bridgehead atoms. The van der Waals surface area contributed by atoms with Crippen LogP contribution >= 0.6 is 15.9 Å². The summed E-state index contributed by atoms with van der Waals surface area (Å²) in [6, 6.07) is 6.54. The number of nitrogens with zero attached hydrogens (tertiary/aromatic N) is 2. The molecular weight excluding hydrogens is 299 g/mol. The van der Waals surface area contributed by atoms with E-state index in [1.165, 1.54) is 12.1 Å². The van der Waals surface area contributed by atoms with Crippen molar-refractivity contribution in [1.82, 2.24) is 4.90 Å². The lowest BCUT2D eigenvalue weighted by Gasteiger charge is -2.29. The van der Waals surface area contributed by atoms with E-state index in [4.69, 9.17) is 5.26 Å². The minimum atomic E-state index is -0.509. The van der Waals surface area contributed by atoms with Crippen molar-refractivity contribution in [3.8, 4) is 6.07 Å².